The van der Waals surface area contributed by atoms with E-state index in [4.69, 9.17) is 10.8 Å². The molecule has 1 aromatic carbocycles. The number of aryl methyl sites for hydroxylation is 1. The maximum atomic E-state index is 12.5. The summed E-state index contributed by atoms with van der Waals surface area (Å²) in [5.74, 6) is 0. The van der Waals surface area contributed by atoms with E-state index in [-0.39, 0.29) is 17.1 Å². The van der Waals surface area contributed by atoms with Crippen molar-refractivity contribution in [1.82, 2.24) is 4.31 Å². The first-order valence-corrected chi connectivity index (χ1v) is 7.40. The Hall–Kier alpha value is -1.25. The first-order valence-electron chi connectivity index (χ1n) is 5.96. The SMILES string of the molecule is Cc1cc(N)cc(S(=O)(=O)N(CCO)CC(F)F)c1C. The van der Waals surface area contributed by atoms with Crippen LogP contribution < -0.4 is 5.73 Å². The Bertz CT molecular complexity index is 576. The summed E-state index contributed by atoms with van der Waals surface area (Å²) < 4.78 is 50.4. The van der Waals surface area contributed by atoms with E-state index in [9.17, 15) is 17.2 Å². The van der Waals surface area contributed by atoms with Crippen molar-refractivity contribution in [3.05, 3.63) is 23.3 Å². The minimum atomic E-state index is -4.12. The van der Waals surface area contributed by atoms with Crippen molar-refractivity contribution in [2.75, 3.05) is 25.4 Å². The van der Waals surface area contributed by atoms with Gasteiger partial charge in [0.15, 0.2) is 0 Å². The second-order valence-electron chi connectivity index (χ2n) is 4.44. The Morgan fingerprint density at radius 1 is 1.35 bits per heavy atom. The lowest BCUT2D eigenvalue weighted by Gasteiger charge is -2.22. The van der Waals surface area contributed by atoms with Crippen LogP contribution >= 0.6 is 0 Å². The summed E-state index contributed by atoms with van der Waals surface area (Å²) in [7, 11) is -4.12. The number of alkyl halides is 2. The molecule has 0 atom stereocenters. The lowest BCUT2D eigenvalue weighted by Crippen LogP contribution is -2.37. The van der Waals surface area contributed by atoms with Crippen LogP contribution in [0.2, 0.25) is 0 Å². The topological polar surface area (TPSA) is 83.6 Å². The Morgan fingerprint density at radius 3 is 2.45 bits per heavy atom. The standard InChI is InChI=1S/C12H18F2N2O3S/c1-8-5-10(15)6-11(9(8)2)20(18,19)16(3-4-17)7-12(13)14/h5-6,12,17H,3-4,7,15H2,1-2H3. The molecular weight excluding hydrogens is 290 g/mol. The molecule has 0 radical (unpaired) electrons. The van der Waals surface area contributed by atoms with E-state index >= 15 is 0 Å². The normalized spacial score (nSPS) is 12.3. The second-order valence-corrected chi connectivity index (χ2v) is 6.35. The molecule has 0 aliphatic carbocycles. The van der Waals surface area contributed by atoms with Gasteiger partial charge in [-0.3, -0.25) is 0 Å². The number of nitrogens with two attached hydrogens (primary N) is 1. The van der Waals surface area contributed by atoms with Crippen LogP contribution in [0.1, 0.15) is 11.1 Å². The number of hydrogen-bond donors (Lipinski definition) is 2. The van der Waals surface area contributed by atoms with Crippen molar-refractivity contribution in [3.8, 4) is 0 Å². The molecule has 0 heterocycles. The number of nitrogen functional groups attached to an aromatic ring is 1. The van der Waals surface area contributed by atoms with Crippen LogP contribution in [0, 0.1) is 13.8 Å². The summed E-state index contributed by atoms with van der Waals surface area (Å²) in [5, 5.41) is 8.86. The minimum Gasteiger partial charge on any atom is -0.399 e. The first-order chi connectivity index (χ1) is 9.20. The summed E-state index contributed by atoms with van der Waals surface area (Å²) in [6.45, 7) is 1.39. The van der Waals surface area contributed by atoms with E-state index in [0.717, 1.165) is 0 Å². The van der Waals surface area contributed by atoms with Crippen molar-refractivity contribution in [1.29, 1.82) is 0 Å². The van der Waals surface area contributed by atoms with Crippen LogP contribution in [0.15, 0.2) is 17.0 Å². The minimum absolute atomic E-state index is 0.107. The molecule has 3 N–H and O–H groups in total. The maximum Gasteiger partial charge on any atom is 0.252 e. The van der Waals surface area contributed by atoms with Crippen LogP contribution in [0.3, 0.4) is 0 Å². The molecule has 5 nitrogen and oxygen atoms in total. The van der Waals surface area contributed by atoms with Gasteiger partial charge >= 0.3 is 0 Å². The van der Waals surface area contributed by atoms with Gasteiger partial charge in [0.2, 0.25) is 10.0 Å². The molecule has 0 unspecified atom stereocenters. The third kappa shape index (κ3) is 3.65. The molecule has 0 saturated heterocycles. The zero-order chi connectivity index (χ0) is 15.5. The number of aliphatic hydroxyl groups is 1. The number of hydrogen-bond acceptors (Lipinski definition) is 4. The fourth-order valence-corrected chi connectivity index (χ4v) is 3.58. The fourth-order valence-electron chi connectivity index (χ4n) is 1.84. The summed E-state index contributed by atoms with van der Waals surface area (Å²) in [5.41, 5.74) is 6.98. The van der Waals surface area contributed by atoms with Crippen LogP contribution in [0.4, 0.5) is 14.5 Å². The predicted molar refractivity (Wildman–Crippen MR) is 72.2 cm³/mol. The molecule has 8 heteroatoms. The van der Waals surface area contributed by atoms with Gasteiger partial charge in [0, 0.05) is 12.2 Å². The lowest BCUT2D eigenvalue weighted by molar-refractivity contribution is 0.113. The fraction of sp³-hybridized carbons (Fsp3) is 0.500. The largest absolute Gasteiger partial charge is 0.399 e. The summed E-state index contributed by atoms with van der Waals surface area (Å²) >= 11 is 0. The molecular formula is C12H18F2N2O3S. The van der Waals surface area contributed by atoms with Crippen LogP contribution in [-0.4, -0.2) is 44.0 Å². The molecule has 0 amide bonds. The number of benzene rings is 1. The van der Waals surface area contributed by atoms with E-state index in [2.05, 4.69) is 0 Å². The highest BCUT2D eigenvalue weighted by Crippen LogP contribution is 2.25. The third-order valence-corrected chi connectivity index (χ3v) is 4.94. The number of nitrogens with zero attached hydrogens (tertiary/aromatic N) is 1. The quantitative estimate of drug-likeness (QED) is 0.772. The zero-order valence-corrected chi connectivity index (χ0v) is 12.1. The van der Waals surface area contributed by atoms with E-state index in [1.807, 2.05) is 0 Å². The average Bonchev–Trinajstić information content (AvgIpc) is 2.32. The Labute approximate surface area is 117 Å². The Morgan fingerprint density at radius 2 is 1.95 bits per heavy atom. The van der Waals surface area contributed by atoms with E-state index in [0.29, 0.717) is 15.4 Å². The summed E-state index contributed by atoms with van der Waals surface area (Å²) in [6.07, 6.45) is -2.82. The van der Waals surface area contributed by atoms with E-state index in [1.54, 1.807) is 19.9 Å². The third-order valence-electron chi connectivity index (χ3n) is 2.95. The molecule has 0 fully saturated rings. The monoisotopic (exact) mass is 308 g/mol. The van der Waals surface area contributed by atoms with Crippen LogP contribution in [0.25, 0.3) is 0 Å². The summed E-state index contributed by atoms with van der Waals surface area (Å²) in [4.78, 5) is -0.107. The molecule has 0 spiro atoms. The molecule has 114 valence electrons. The van der Waals surface area contributed by atoms with E-state index in [1.165, 1.54) is 6.07 Å². The van der Waals surface area contributed by atoms with Crippen molar-refractivity contribution in [2.24, 2.45) is 0 Å². The van der Waals surface area contributed by atoms with Gasteiger partial charge in [-0.1, -0.05) is 0 Å². The smallest absolute Gasteiger partial charge is 0.252 e. The van der Waals surface area contributed by atoms with Gasteiger partial charge < -0.3 is 10.8 Å². The van der Waals surface area contributed by atoms with Gasteiger partial charge in [-0.15, -0.1) is 0 Å². The highest BCUT2D eigenvalue weighted by Gasteiger charge is 2.28. The van der Waals surface area contributed by atoms with Crippen LogP contribution in [-0.2, 0) is 10.0 Å². The molecule has 1 rings (SSSR count). The molecule has 0 bridgehead atoms. The highest BCUT2D eigenvalue weighted by molar-refractivity contribution is 7.89. The highest BCUT2D eigenvalue weighted by atomic mass is 32.2. The van der Waals surface area contributed by atoms with Gasteiger partial charge in [-0.25, -0.2) is 17.2 Å². The number of aliphatic hydroxyl groups excluding tert-OH is 1. The molecule has 20 heavy (non-hydrogen) atoms. The first kappa shape index (κ1) is 16.8. The van der Waals surface area contributed by atoms with E-state index < -0.39 is 29.6 Å². The van der Waals surface area contributed by atoms with Gasteiger partial charge in [0.05, 0.1) is 18.0 Å². The average molecular weight is 308 g/mol. The Kier molecular flexibility index (Phi) is 5.43. The molecule has 0 aliphatic rings. The second kappa shape index (κ2) is 6.47. The maximum absolute atomic E-state index is 12.5. The van der Waals surface area contributed by atoms with Crippen molar-refractivity contribution >= 4 is 15.7 Å². The summed E-state index contributed by atoms with van der Waals surface area (Å²) in [6, 6.07) is 2.85. The van der Waals surface area contributed by atoms with Gasteiger partial charge in [0.25, 0.3) is 6.43 Å². The van der Waals surface area contributed by atoms with Crippen molar-refractivity contribution in [2.45, 2.75) is 25.2 Å². The molecule has 1 aromatic rings. The number of halogens is 2. The van der Waals surface area contributed by atoms with Gasteiger partial charge in [0.1, 0.15) is 0 Å². The van der Waals surface area contributed by atoms with Gasteiger partial charge in [-0.2, -0.15) is 4.31 Å². The Balaban J connectivity index is 3.33. The van der Waals surface area contributed by atoms with Crippen molar-refractivity contribution < 1.29 is 22.3 Å². The number of anilines is 1. The molecule has 0 aliphatic heterocycles. The molecule has 0 aromatic heterocycles. The molecule has 0 saturated carbocycles. The predicted octanol–water partition coefficient (Wildman–Crippen LogP) is 1.13. The number of sulfonamides is 1. The number of rotatable bonds is 6. The van der Waals surface area contributed by atoms with Gasteiger partial charge in [-0.05, 0) is 37.1 Å². The van der Waals surface area contributed by atoms with Crippen LogP contribution in [0.5, 0.6) is 0 Å². The van der Waals surface area contributed by atoms with Crippen molar-refractivity contribution in [3.63, 3.8) is 0 Å². The zero-order valence-electron chi connectivity index (χ0n) is 11.3. The lowest BCUT2D eigenvalue weighted by atomic mass is 10.1.